The molecule has 0 saturated carbocycles. The highest BCUT2D eigenvalue weighted by molar-refractivity contribution is 6.22. The van der Waals surface area contributed by atoms with E-state index < -0.39 is 0 Å². The smallest absolute Gasteiger partial charge is 0.118 e. The van der Waals surface area contributed by atoms with Crippen LogP contribution in [0.15, 0.2) is 48.5 Å². The van der Waals surface area contributed by atoms with Crippen LogP contribution in [0.4, 0.5) is 0 Å². The van der Waals surface area contributed by atoms with E-state index in [-0.39, 0.29) is 5.38 Å². The number of alkyl halides is 1. The molecule has 0 radical (unpaired) electrons. The summed E-state index contributed by atoms with van der Waals surface area (Å²) >= 11 is 6.44. The molecule has 2 aromatic carbocycles. The van der Waals surface area contributed by atoms with Gasteiger partial charge in [-0.1, -0.05) is 24.3 Å². The zero-order chi connectivity index (χ0) is 13.0. The van der Waals surface area contributed by atoms with E-state index in [9.17, 15) is 0 Å². The molecule has 0 atom stereocenters. The summed E-state index contributed by atoms with van der Waals surface area (Å²) < 4.78 is 10.3. The molecule has 0 aromatic heterocycles. The van der Waals surface area contributed by atoms with Crippen molar-refractivity contribution in [2.75, 3.05) is 14.2 Å². The summed E-state index contributed by atoms with van der Waals surface area (Å²) in [5, 5.41) is -0.165. The van der Waals surface area contributed by atoms with E-state index in [4.69, 9.17) is 21.1 Å². The van der Waals surface area contributed by atoms with Crippen molar-refractivity contribution in [3.63, 3.8) is 0 Å². The summed E-state index contributed by atoms with van der Waals surface area (Å²) in [5.74, 6) is 1.66. The highest BCUT2D eigenvalue weighted by Gasteiger charge is 2.10. The van der Waals surface area contributed by atoms with Crippen LogP contribution < -0.4 is 9.47 Å². The number of rotatable bonds is 4. The van der Waals surface area contributed by atoms with Crippen molar-refractivity contribution in [1.82, 2.24) is 0 Å². The Morgan fingerprint density at radius 1 is 0.722 bits per heavy atom. The quantitative estimate of drug-likeness (QED) is 0.775. The molecule has 0 aliphatic rings. The topological polar surface area (TPSA) is 18.5 Å². The molecular formula is C15H15ClO2. The average Bonchev–Trinajstić information content (AvgIpc) is 2.47. The van der Waals surface area contributed by atoms with Gasteiger partial charge in [-0.05, 0) is 35.4 Å². The van der Waals surface area contributed by atoms with Gasteiger partial charge in [0.15, 0.2) is 0 Å². The summed E-state index contributed by atoms with van der Waals surface area (Å²) in [7, 11) is 3.30. The lowest BCUT2D eigenvalue weighted by Gasteiger charge is -2.11. The van der Waals surface area contributed by atoms with Crippen LogP contribution in [0.5, 0.6) is 11.5 Å². The summed E-state index contributed by atoms with van der Waals surface area (Å²) in [6, 6.07) is 15.5. The first kappa shape index (κ1) is 12.8. The second kappa shape index (κ2) is 5.78. The Labute approximate surface area is 112 Å². The van der Waals surface area contributed by atoms with E-state index in [1.165, 1.54) is 0 Å². The number of halogens is 1. The zero-order valence-corrected chi connectivity index (χ0v) is 11.1. The molecule has 0 unspecified atom stereocenters. The molecule has 18 heavy (non-hydrogen) atoms. The standard InChI is InChI=1S/C15H15ClO2/c1-17-13-7-3-11(4-8-13)15(16)12-5-9-14(18-2)10-6-12/h3-10,15H,1-2H3. The third kappa shape index (κ3) is 2.77. The highest BCUT2D eigenvalue weighted by atomic mass is 35.5. The monoisotopic (exact) mass is 262 g/mol. The van der Waals surface area contributed by atoms with Crippen molar-refractivity contribution in [3.05, 3.63) is 59.7 Å². The summed E-state index contributed by atoms with van der Waals surface area (Å²) in [5.41, 5.74) is 2.09. The molecule has 94 valence electrons. The molecule has 0 bridgehead atoms. The van der Waals surface area contributed by atoms with Gasteiger partial charge in [0.2, 0.25) is 0 Å². The minimum atomic E-state index is -0.165. The predicted octanol–water partition coefficient (Wildman–Crippen LogP) is 4.03. The lowest BCUT2D eigenvalue weighted by Crippen LogP contribution is -1.94. The van der Waals surface area contributed by atoms with Crippen LogP contribution in [-0.4, -0.2) is 14.2 Å². The minimum absolute atomic E-state index is 0.165. The largest absolute Gasteiger partial charge is 0.497 e. The Kier molecular flexibility index (Phi) is 4.11. The van der Waals surface area contributed by atoms with Gasteiger partial charge in [0.05, 0.1) is 19.6 Å². The second-order valence-electron chi connectivity index (χ2n) is 3.91. The van der Waals surface area contributed by atoms with Crippen LogP contribution in [0.2, 0.25) is 0 Å². The molecule has 0 aliphatic carbocycles. The maximum Gasteiger partial charge on any atom is 0.118 e. The Bertz CT molecular complexity index is 443. The molecule has 3 heteroatoms. The Hall–Kier alpha value is -1.67. The summed E-state index contributed by atoms with van der Waals surface area (Å²) in [4.78, 5) is 0. The number of hydrogen-bond acceptors (Lipinski definition) is 2. The first-order valence-corrected chi connectivity index (χ1v) is 6.10. The van der Waals surface area contributed by atoms with Gasteiger partial charge in [-0.3, -0.25) is 0 Å². The van der Waals surface area contributed by atoms with Gasteiger partial charge in [-0.15, -0.1) is 11.6 Å². The van der Waals surface area contributed by atoms with Crippen molar-refractivity contribution in [2.24, 2.45) is 0 Å². The van der Waals surface area contributed by atoms with Gasteiger partial charge >= 0.3 is 0 Å². The van der Waals surface area contributed by atoms with Crippen molar-refractivity contribution >= 4 is 11.6 Å². The maximum absolute atomic E-state index is 6.44. The Morgan fingerprint density at radius 2 is 1.06 bits per heavy atom. The second-order valence-corrected chi connectivity index (χ2v) is 4.35. The maximum atomic E-state index is 6.44. The van der Waals surface area contributed by atoms with Crippen molar-refractivity contribution in [3.8, 4) is 11.5 Å². The van der Waals surface area contributed by atoms with E-state index in [1.807, 2.05) is 48.5 Å². The van der Waals surface area contributed by atoms with Crippen LogP contribution in [0, 0.1) is 0 Å². The van der Waals surface area contributed by atoms with E-state index in [0.717, 1.165) is 22.6 Å². The molecule has 0 fully saturated rings. The van der Waals surface area contributed by atoms with E-state index >= 15 is 0 Å². The molecule has 0 saturated heterocycles. The third-order valence-corrected chi connectivity index (χ3v) is 3.32. The lowest BCUT2D eigenvalue weighted by atomic mass is 10.0. The fourth-order valence-electron chi connectivity index (χ4n) is 1.74. The first-order valence-electron chi connectivity index (χ1n) is 5.66. The fourth-order valence-corrected chi connectivity index (χ4v) is 2.03. The molecule has 2 rings (SSSR count). The van der Waals surface area contributed by atoms with Gasteiger partial charge in [0.25, 0.3) is 0 Å². The van der Waals surface area contributed by atoms with Crippen LogP contribution in [-0.2, 0) is 0 Å². The molecule has 2 aromatic rings. The highest BCUT2D eigenvalue weighted by Crippen LogP contribution is 2.30. The summed E-state index contributed by atoms with van der Waals surface area (Å²) in [6.45, 7) is 0. The minimum Gasteiger partial charge on any atom is -0.497 e. The Balaban J connectivity index is 2.20. The molecule has 0 amide bonds. The SMILES string of the molecule is COc1ccc(C(Cl)c2ccc(OC)cc2)cc1. The molecule has 0 N–H and O–H groups in total. The van der Waals surface area contributed by atoms with Gasteiger partial charge in [0, 0.05) is 0 Å². The number of methoxy groups -OCH3 is 2. The molecule has 0 aliphatic heterocycles. The van der Waals surface area contributed by atoms with Gasteiger partial charge in [0.1, 0.15) is 11.5 Å². The predicted molar refractivity (Wildman–Crippen MR) is 73.7 cm³/mol. The van der Waals surface area contributed by atoms with Crippen molar-refractivity contribution < 1.29 is 9.47 Å². The third-order valence-electron chi connectivity index (χ3n) is 2.82. The zero-order valence-electron chi connectivity index (χ0n) is 10.4. The number of ether oxygens (including phenoxy) is 2. The van der Waals surface area contributed by atoms with Crippen LogP contribution in [0.1, 0.15) is 16.5 Å². The average molecular weight is 263 g/mol. The van der Waals surface area contributed by atoms with Crippen LogP contribution >= 0.6 is 11.6 Å². The first-order chi connectivity index (χ1) is 8.74. The van der Waals surface area contributed by atoms with Gasteiger partial charge in [-0.2, -0.15) is 0 Å². The van der Waals surface area contributed by atoms with Crippen molar-refractivity contribution in [1.29, 1.82) is 0 Å². The molecule has 2 nitrogen and oxygen atoms in total. The van der Waals surface area contributed by atoms with E-state index in [0.29, 0.717) is 0 Å². The fraction of sp³-hybridized carbons (Fsp3) is 0.200. The van der Waals surface area contributed by atoms with Gasteiger partial charge < -0.3 is 9.47 Å². The van der Waals surface area contributed by atoms with Crippen LogP contribution in [0.25, 0.3) is 0 Å². The van der Waals surface area contributed by atoms with Crippen molar-refractivity contribution in [2.45, 2.75) is 5.38 Å². The van der Waals surface area contributed by atoms with E-state index in [2.05, 4.69) is 0 Å². The Morgan fingerprint density at radius 3 is 1.33 bits per heavy atom. The van der Waals surface area contributed by atoms with E-state index in [1.54, 1.807) is 14.2 Å². The lowest BCUT2D eigenvalue weighted by molar-refractivity contribution is 0.414. The van der Waals surface area contributed by atoms with Crippen LogP contribution in [0.3, 0.4) is 0 Å². The number of benzene rings is 2. The van der Waals surface area contributed by atoms with Gasteiger partial charge in [-0.25, -0.2) is 0 Å². The number of hydrogen-bond donors (Lipinski definition) is 0. The molecular weight excluding hydrogens is 248 g/mol. The molecule has 0 heterocycles. The molecule has 0 spiro atoms. The summed E-state index contributed by atoms with van der Waals surface area (Å²) in [6.07, 6.45) is 0. The normalized spacial score (nSPS) is 10.4.